The molecule has 0 unspecified atom stereocenters. The van der Waals surface area contributed by atoms with Crippen LogP contribution < -0.4 is 5.43 Å². The fraction of sp³-hybridized carbons (Fsp3) is 0.133. The van der Waals surface area contributed by atoms with Crippen LogP contribution in [-0.4, -0.2) is 40.1 Å². The number of aromatic nitrogens is 4. The van der Waals surface area contributed by atoms with Gasteiger partial charge in [-0.25, -0.2) is 8.42 Å². The lowest BCUT2D eigenvalue weighted by atomic mass is 10.1. The molecule has 2 aromatic heterocycles. The van der Waals surface area contributed by atoms with Gasteiger partial charge in [0.05, 0.1) is 5.69 Å². The van der Waals surface area contributed by atoms with Crippen LogP contribution in [0.4, 0.5) is 5.82 Å². The highest BCUT2D eigenvalue weighted by molar-refractivity contribution is 8.06. The van der Waals surface area contributed by atoms with Gasteiger partial charge in [-0.2, -0.15) is 15.3 Å². The fourth-order valence-corrected chi connectivity index (χ4v) is 3.15. The van der Waals surface area contributed by atoms with Gasteiger partial charge in [0.1, 0.15) is 0 Å². The number of nitrogens with one attached hydrogen (secondary N) is 3. The predicted molar refractivity (Wildman–Crippen MR) is 97.4 cm³/mol. The van der Waals surface area contributed by atoms with E-state index in [1.54, 1.807) is 12.1 Å². The molecule has 0 saturated heterocycles. The molecule has 10 heteroatoms. The van der Waals surface area contributed by atoms with Crippen molar-refractivity contribution in [3.8, 4) is 11.1 Å². The highest BCUT2D eigenvalue weighted by Gasteiger charge is 2.19. The summed E-state index contributed by atoms with van der Waals surface area (Å²) in [7, 11) is -3.57. The Hall–Kier alpha value is -2.65. The first-order chi connectivity index (χ1) is 11.9. The third-order valence-electron chi connectivity index (χ3n) is 3.43. The highest BCUT2D eigenvalue weighted by Crippen LogP contribution is 2.30. The van der Waals surface area contributed by atoms with Crippen molar-refractivity contribution in [3.05, 3.63) is 52.9 Å². The normalized spacial score (nSPS) is 12.4. The second kappa shape index (κ2) is 6.69. The van der Waals surface area contributed by atoms with E-state index >= 15 is 0 Å². The number of aromatic amines is 2. The molecule has 0 atom stereocenters. The van der Waals surface area contributed by atoms with Crippen molar-refractivity contribution in [2.24, 2.45) is 5.10 Å². The van der Waals surface area contributed by atoms with E-state index in [0.717, 1.165) is 23.1 Å². The molecule has 2 heterocycles. The number of H-pyrrole nitrogens is 2. The van der Waals surface area contributed by atoms with Gasteiger partial charge in [0.2, 0.25) is 0 Å². The summed E-state index contributed by atoms with van der Waals surface area (Å²) >= 11 is 5.93. The molecule has 130 valence electrons. The molecule has 1 aromatic carbocycles. The summed E-state index contributed by atoms with van der Waals surface area (Å²) < 4.78 is 24.0. The standard InChI is InChI=1S/C15H15ClN6O2S/c1-9-13(10-3-5-11(16)6-4-10)14(20-18-9)21-22-15(25(2,23)24)12-7-8-17-19-12/h3-8H,1-2H3,(H,17,19)(H2,18,20,21). The Morgan fingerprint density at radius 1 is 1.20 bits per heavy atom. The molecule has 3 aromatic rings. The number of aryl methyl sites for hydroxylation is 1. The molecule has 0 radical (unpaired) electrons. The lowest BCUT2D eigenvalue weighted by Crippen LogP contribution is -2.17. The fourth-order valence-electron chi connectivity index (χ4n) is 2.30. The Balaban J connectivity index is 2.00. The average molecular weight is 379 g/mol. The van der Waals surface area contributed by atoms with Crippen molar-refractivity contribution in [3.63, 3.8) is 0 Å². The second-order valence-corrected chi connectivity index (χ2v) is 7.72. The number of hydrogen-bond donors (Lipinski definition) is 3. The minimum atomic E-state index is -3.57. The van der Waals surface area contributed by atoms with Crippen molar-refractivity contribution < 1.29 is 8.42 Å². The van der Waals surface area contributed by atoms with Gasteiger partial charge in [0.15, 0.2) is 20.7 Å². The van der Waals surface area contributed by atoms with Crippen LogP contribution in [0, 0.1) is 6.92 Å². The summed E-state index contributed by atoms with van der Waals surface area (Å²) in [6, 6.07) is 8.76. The smallest absolute Gasteiger partial charge is 0.200 e. The first-order valence-corrected chi connectivity index (χ1v) is 9.47. The van der Waals surface area contributed by atoms with Crippen molar-refractivity contribution in [1.82, 2.24) is 20.4 Å². The molecule has 0 amide bonds. The quantitative estimate of drug-likeness (QED) is 0.366. The number of nitrogens with zero attached hydrogens (tertiary/aromatic N) is 3. The minimum Gasteiger partial charge on any atom is -0.280 e. The number of sulfone groups is 1. The Labute approximate surface area is 149 Å². The summed E-state index contributed by atoms with van der Waals surface area (Å²) in [4.78, 5) is 0. The van der Waals surface area contributed by atoms with Crippen LogP contribution in [0.3, 0.4) is 0 Å². The zero-order valence-corrected chi connectivity index (χ0v) is 15.0. The van der Waals surface area contributed by atoms with Gasteiger partial charge < -0.3 is 0 Å². The van der Waals surface area contributed by atoms with Gasteiger partial charge in [-0.15, -0.1) is 0 Å². The van der Waals surface area contributed by atoms with Crippen molar-refractivity contribution in [2.45, 2.75) is 6.92 Å². The van der Waals surface area contributed by atoms with E-state index in [1.807, 2.05) is 19.1 Å². The first-order valence-electron chi connectivity index (χ1n) is 7.20. The highest BCUT2D eigenvalue weighted by atomic mass is 35.5. The van der Waals surface area contributed by atoms with Crippen LogP contribution in [0.5, 0.6) is 0 Å². The van der Waals surface area contributed by atoms with Gasteiger partial charge in [0.25, 0.3) is 0 Å². The first kappa shape index (κ1) is 17.2. The number of hydrogen-bond acceptors (Lipinski definition) is 6. The second-order valence-electron chi connectivity index (χ2n) is 5.35. The summed E-state index contributed by atoms with van der Waals surface area (Å²) in [5.74, 6) is 0.403. The Morgan fingerprint density at radius 2 is 1.92 bits per heavy atom. The van der Waals surface area contributed by atoms with E-state index in [-0.39, 0.29) is 10.7 Å². The average Bonchev–Trinajstić information content (AvgIpc) is 3.18. The van der Waals surface area contributed by atoms with Gasteiger partial charge in [-0.05, 0) is 30.7 Å². The molecule has 0 aliphatic carbocycles. The van der Waals surface area contributed by atoms with Crippen LogP contribution in [0.25, 0.3) is 11.1 Å². The molecule has 3 rings (SSSR count). The van der Waals surface area contributed by atoms with E-state index in [1.165, 1.54) is 12.3 Å². The molecule has 0 fully saturated rings. The maximum Gasteiger partial charge on any atom is 0.200 e. The van der Waals surface area contributed by atoms with Gasteiger partial charge >= 0.3 is 0 Å². The maximum atomic E-state index is 12.0. The zero-order chi connectivity index (χ0) is 18.0. The number of hydrazone groups is 1. The van der Waals surface area contributed by atoms with Crippen LogP contribution in [0.1, 0.15) is 11.4 Å². The van der Waals surface area contributed by atoms with Crippen molar-refractivity contribution in [2.75, 3.05) is 11.7 Å². The molecule has 8 nitrogen and oxygen atoms in total. The third kappa shape index (κ3) is 3.72. The van der Waals surface area contributed by atoms with E-state index in [4.69, 9.17) is 11.6 Å². The minimum absolute atomic E-state index is 0.160. The van der Waals surface area contributed by atoms with E-state index in [9.17, 15) is 8.42 Å². The zero-order valence-electron chi connectivity index (χ0n) is 13.4. The molecule has 0 bridgehead atoms. The predicted octanol–water partition coefficient (Wildman–Crippen LogP) is 2.58. The SMILES string of the molecule is Cc1[nH]nc(NN=C(c2ccn[nH]2)S(C)(=O)=O)c1-c1ccc(Cl)cc1. The lowest BCUT2D eigenvalue weighted by molar-refractivity contribution is 0.612. The number of rotatable bonds is 4. The summed E-state index contributed by atoms with van der Waals surface area (Å²) in [5, 5.41) is 17.9. The Bertz CT molecular complexity index is 1010. The van der Waals surface area contributed by atoms with Gasteiger partial charge in [-0.3, -0.25) is 15.6 Å². The Kier molecular flexibility index (Phi) is 4.60. The van der Waals surface area contributed by atoms with Crippen LogP contribution in [-0.2, 0) is 9.84 Å². The lowest BCUT2D eigenvalue weighted by Gasteiger charge is -2.06. The van der Waals surface area contributed by atoms with E-state index in [0.29, 0.717) is 10.8 Å². The van der Waals surface area contributed by atoms with Crippen LogP contribution in [0.15, 0.2) is 41.6 Å². The summed E-state index contributed by atoms with van der Waals surface area (Å²) in [6.45, 7) is 1.86. The molecular formula is C15H15ClN6O2S. The van der Waals surface area contributed by atoms with Gasteiger partial charge in [-0.1, -0.05) is 23.7 Å². The summed E-state index contributed by atoms with van der Waals surface area (Å²) in [5.41, 5.74) is 5.47. The molecule has 0 spiro atoms. The number of benzene rings is 1. The van der Waals surface area contributed by atoms with Crippen LogP contribution >= 0.6 is 11.6 Å². The molecule has 0 saturated carbocycles. The molecule has 0 aliphatic rings. The van der Waals surface area contributed by atoms with E-state index in [2.05, 4.69) is 30.9 Å². The molecule has 3 N–H and O–H groups in total. The Morgan fingerprint density at radius 3 is 2.52 bits per heavy atom. The van der Waals surface area contributed by atoms with Crippen molar-refractivity contribution >= 4 is 32.3 Å². The van der Waals surface area contributed by atoms with Crippen molar-refractivity contribution in [1.29, 1.82) is 0 Å². The maximum absolute atomic E-state index is 12.0. The van der Waals surface area contributed by atoms with E-state index < -0.39 is 9.84 Å². The molecule has 0 aliphatic heterocycles. The third-order valence-corrected chi connectivity index (χ3v) is 4.69. The van der Waals surface area contributed by atoms with Gasteiger partial charge in [0, 0.05) is 28.7 Å². The number of halogens is 1. The molecule has 25 heavy (non-hydrogen) atoms. The van der Waals surface area contributed by atoms with Crippen LogP contribution in [0.2, 0.25) is 5.02 Å². The topological polar surface area (TPSA) is 116 Å². The monoisotopic (exact) mass is 378 g/mol. The summed E-state index contributed by atoms with van der Waals surface area (Å²) in [6.07, 6.45) is 2.53. The number of anilines is 1. The molecular weight excluding hydrogens is 364 g/mol. The largest absolute Gasteiger partial charge is 0.280 e.